The van der Waals surface area contributed by atoms with Crippen LogP contribution in [0.25, 0.3) is 11.3 Å². The highest BCUT2D eigenvalue weighted by Gasteiger charge is 2.38. The van der Waals surface area contributed by atoms with E-state index >= 15 is 0 Å². The van der Waals surface area contributed by atoms with Gasteiger partial charge in [0.05, 0.1) is 23.0 Å². The minimum absolute atomic E-state index is 0.0794. The van der Waals surface area contributed by atoms with Crippen molar-refractivity contribution >= 4 is 23.4 Å². The number of rotatable bonds is 2. The lowest BCUT2D eigenvalue weighted by Gasteiger charge is -2.45. The van der Waals surface area contributed by atoms with E-state index in [4.69, 9.17) is 0 Å². The average Bonchev–Trinajstić information content (AvgIpc) is 2.79. The second-order valence-electron chi connectivity index (χ2n) is 7.87. The number of pyridine rings is 2. The number of aromatic nitrogens is 2. The van der Waals surface area contributed by atoms with E-state index in [0.717, 1.165) is 37.2 Å². The van der Waals surface area contributed by atoms with E-state index in [1.165, 1.54) is 6.07 Å². The number of nitrogens with one attached hydrogen (secondary N) is 1. The number of urea groups is 1. The van der Waals surface area contributed by atoms with Crippen LogP contribution in [0, 0.1) is 0 Å². The minimum atomic E-state index is -4.44. The lowest BCUT2D eigenvalue weighted by molar-refractivity contribution is -0.137. The van der Waals surface area contributed by atoms with Gasteiger partial charge in [-0.05, 0) is 49.2 Å². The van der Waals surface area contributed by atoms with Crippen LogP contribution in [0.15, 0.2) is 60.8 Å². The van der Waals surface area contributed by atoms with E-state index < -0.39 is 11.7 Å². The molecule has 0 unspecified atom stereocenters. The zero-order valence-corrected chi connectivity index (χ0v) is 17.0. The van der Waals surface area contributed by atoms with Crippen molar-refractivity contribution in [3.63, 3.8) is 0 Å². The molecule has 1 aromatic carbocycles. The summed E-state index contributed by atoms with van der Waals surface area (Å²) in [5, 5.41) is 2.81. The van der Waals surface area contributed by atoms with Crippen LogP contribution in [0.4, 0.5) is 35.3 Å². The van der Waals surface area contributed by atoms with Gasteiger partial charge in [0.1, 0.15) is 5.82 Å². The first-order valence-electron chi connectivity index (χ1n) is 10.3. The molecule has 2 aromatic heterocycles. The summed E-state index contributed by atoms with van der Waals surface area (Å²) in [6.45, 7) is 1.54. The zero-order valence-electron chi connectivity index (χ0n) is 17.0. The lowest BCUT2D eigenvalue weighted by Crippen LogP contribution is -2.56. The molecule has 3 aromatic rings. The minimum Gasteiger partial charge on any atom is -0.366 e. The molecule has 4 heterocycles. The van der Waals surface area contributed by atoms with E-state index in [9.17, 15) is 18.0 Å². The first-order chi connectivity index (χ1) is 15.4. The van der Waals surface area contributed by atoms with Gasteiger partial charge in [-0.15, -0.1) is 0 Å². The summed E-state index contributed by atoms with van der Waals surface area (Å²) in [5.74, 6) is 0.871. The number of halogens is 3. The molecule has 2 aliphatic rings. The number of nitrogens with zero attached hydrogens (tertiary/aromatic N) is 4. The van der Waals surface area contributed by atoms with Crippen LogP contribution < -0.4 is 15.1 Å². The number of carbonyl (C=O) groups excluding carboxylic acids is 1. The Balaban J connectivity index is 1.55. The van der Waals surface area contributed by atoms with Gasteiger partial charge in [0, 0.05) is 24.8 Å². The van der Waals surface area contributed by atoms with Gasteiger partial charge in [0.15, 0.2) is 5.82 Å². The second kappa shape index (κ2) is 7.81. The molecule has 0 aliphatic carbocycles. The number of amides is 2. The van der Waals surface area contributed by atoms with E-state index in [-0.39, 0.29) is 12.1 Å². The van der Waals surface area contributed by atoms with Crippen LogP contribution in [0.3, 0.4) is 0 Å². The van der Waals surface area contributed by atoms with E-state index in [2.05, 4.69) is 20.2 Å². The zero-order chi connectivity index (χ0) is 22.3. The van der Waals surface area contributed by atoms with Crippen molar-refractivity contribution in [2.75, 3.05) is 28.2 Å². The van der Waals surface area contributed by atoms with Gasteiger partial charge >= 0.3 is 12.2 Å². The summed E-state index contributed by atoms with van der Waals surface area (Å²) in [6.07, 6.45) is -1.10. The first-order valence-corrected chi connectivity index (χ1v) is 10.3. The number of piperidine rings is 1. The molecule has 5 rings (SSSR count). The molecule has 1 atom stereocenters. The van der Waals surface area contributed by atoms with Crippen LogP contribution >= 0.6 is 0 Å². The molecular weight excluding hydrogens is 419 g/mol. The molecule has 1 N–H and O–H groups in total. The number of anilines is 3. The monoisotopic (exact) mass is 439 g/mol. The third kappa shape index (κ3) is 3.74. The molecule has 32 heavy (non-hydrogen) atoms. The molecule has 1 saturated heterocycles. The molecule has 0 spiro atoms. The maximum Gasteiger partial charge on any atom is 0.416 e. The number of hydrogen-bond donors (Lipinski definition) is 1. The topological polar surface area (TPSA) is 61.4 Å². The van der Waals surface area contributed by atoms with Crippen molar-refractivity contribution in [1.29, 1.82) is 0 Å². The highest BCUT2D eigenvalue weighted by Crippen LogP contribution is 2.40. The van der Waals surface area contributed by atoms with Crippen molar-refractivity contribution in [2.45, 2.75) is 25.1 Å². The Morgan fingerprint density at radius 1 is 1.09 bits per heavy atom. The Hall–Kier alpha value is -3.62. The predicted molar refractivity (Wildman–Crippen MR) is 116 cm³/mol. The van der Waals surface area contributed by atoms with Gasteiger partial charge in [0.25, 0.3) is 0 Å². The van der Waals surface area contributed by atoms with Crippen LogP contribution in [0.2, 0.25) is 0 Å². The summed E-state index contributed by atoms with van der Waals surface area (Å²) >= 11 is 0. The highest BCUT2D eigenvalue weighted by atomic mass is 19.4. The fourth-order valence-corrected chi connectivity index (χ4v) is 4.31. The van der Waals surface area contributed by atoms with Gasteiger partial charge in [-0.1, -0.05) is 18.2 Å². The number of alkyl halides is 3. The number of hydrogen-bond acceptors (Lipinski definition) is 4. The van der Waals surface area contributed by atoms with Crippen molar-refractivity contribution in [3.8, 4) is 11.3 Å². The Morgan fingerprint density at radius 3 is 2.75 bits per heavy atom. The molecule has 2 aliphatic heterocycles. The van der Waals surface area contributed by atoms with E-state index in [1.54, 1.807) is 41.4 Å². The Morgan fingerprint density at radius 2 is 1.97 bits per heavy atom. The molecule has 9 heteroatoms. The van der Waals surface area contributed by atoms with Crippen LogP contribution in [0.5, 0.6) is 0 Å². The summed E-state index contributed by atoms with van der Waals surface area (Å²) in [5.41, 5.74) is 0.790. The number of carbonyl (C=O) groups is 1. The van der Waals surface area contributed by atoms with Crippen LogP contribution in [-0.4, -0.2) is 35.1 Å². The van der Waals surface area contributed by atoms with Gasteiger partial charge in [0.2, 0.25) is 0 Å². The Bertz CT molecular complexity index is 1150. The van der Waals surface area contributed by atoms with Crippen molar-refractivity contribution in [1.82, 2.24) is 9.97 Å². The van der Waals surface area contributed by atoms with Gasteiger partial charge < -0.3 is 4.90 Å². The molecule has 6 nitrogen and oxygen atoms in total. The van der Waals surface area contributed by atoms with E-state index in [1.807, 2.05) is 6.07 Å². The fraction of sp³-hybridized carbons (Fsp3) is 0.261. The summed E-state index contributed by atoms with van der Waals surface area (Å²) in [6, 6.07) is 13.4. The molecule has 2 amide bonds. The smallest absolute Gasteiger partial charge is 0.366 e. The number of fused-ring (bicyclic) bond motifs is 4. The molecule has 164 valence electrons. The molecular formula is C23H20F3N5O. The molecule has 2 bridgehead atoms. The second-order valence-corrected chi connectivity index (χ2v) is 7.87. The normalized spacial score (nSPS) is 17.7. The third-order valence-electron chi connectivity index (χ3n) is 5.79. The largest absolute Gasteiger partial charge is 0.416 e. The Labute approximate surface area is 182 Å². The van der Waals surface area contributed by atoms with Crippen molar-refractivity contribution in [2.24, 2.45) is 0 Å². The van der Waals surface area contributed by atoms with Gasteiger partial charge in [-0.3, -0.25) is 10.2 Å². The SMILES string of the molecule is O=C(Nc1ccccn1)N1c2nc(-c3cccc(C(F)(F)F)c3)ccc2N2CCC[C@@H]1C2. The average molecular weight is 439 g/mol. The van der Waals surface area contributed by atoms with Crippen LogP contribution in [-0.2, 0) is 6.18 Å². The highest BCUT2D eigenvalue weighted by molar-refractivity contribution is 6.04. The first kappa shape index (κ1) is 20.3. The van der Waals surface area contributed by atoms with Gasteiger partial charge in [-0.2, -0.15) is 13.2 Å². The van der Waals surface area contributed by atoms with Crippen LogP contribution in [0.1, 0.15) is 18.4 Å². The maximum atomic E-state index is 13.2. The number of benzene rings is 1. The summed E-state index contributed by atoms with van der Waals surface area (Å²) in [4.78, 5) is 25.9. The fourth-order valence-electron chi connectivity index (χ4n) is 4.31. The maximum absolute atomic E-state index is 13.2. The molecule has 0 radical (unpaired) electrons. The lowest BCUT2D eigenvalue weighted by atomic mass is 9.99. The third-order valence-corrected chi connectivity index (χ3v) is 5.79. The van der Waals surface area contributed by atoms with Crippen molar-refractivity contribution < 1.29 is 18.0 Å². The summed E-state index contributed by atoms with van der Waals surface area (Å²) < 4.78 is 39.6. The molecule has 1 fully saturated rings. The van der Waals surface area contributed by atoms with E-state index in [0.29, 0.717) is 29.4 Å². The summed E-state index contributed by atoms with van der Waals surface area (Å²) in [7, 11) is 0. The predicted octanol–water partition coefficient (Wildman–Crippen LogP) is 5.18. The quantitative estimate of drug-likeness (QED) is 0.598. The molecule has 0 saturated carbocycles. The van der Waals surface area contributed by atoms with Crippen molar-refractivity contribution in [3.05, 3.63) is 66.4 Å². The van der Waals surface area contributed by atoms with Gasteiger partial charge in [-0.25, -0.2) is 14.8 Å². The standard InChI is InChI=1S/C23H20F3N5O/c24-23(25,26)16-6-3-5-15(13-16)18-9-10-19-21(28-18)31(17-7-4-12-30(19)14-17)22(32)29-20-8-1-2-11-27-20/h1-3,5-6,8-11,13,17H,4,7,12,14H2,(H,27,29,32)/t17-/m1/s1. The Kier molecular flexibility index (Phi) is 4.96.